The largest absolute Gasteiger partial charge is 0.396 e. The van der Waals surface area contributed by atoms with Crippen molar-refractivity contribution in [1.82, 2.24) is 15.2 Å². The summed E-state index contributed by atoms with van der Waals surface area (Å²) in [7, 11) is 1.46. The Kier molecular flexibility index (Phi) is 6.09. The number of hydrogen-bond acceptors (Lipinski definition) is 3. The van der Waals surface area contributed by atoms with Crippen LogP contribution in [0.1, 0.15) is 6.42 Å². The molecule has 156 valence electrons. The van der Waals surface area contributed by atoms with Gasteiger partial charge in [-0.25, -0.2) is 9.78 Å². The van der Waals surface area contributed by atoms with Crippen LogP contribution in [0.5, 0.6) is 0 Å². The number of halogens is 5. The summed E-state index contributed by atoms with van der Waals surface area (Å²) in [5.41, 5.74) is 0.558. The molecule has 2 unspecified atom stereocenters. The fourth-order valence-electron chi connectivity index (χ4n) is 3.21. The zero-order valence-corrected chi connectivity index (χ0v) is 16.7. The van der Waals surface area contributed by atoms with Crippen LogP contribution in [0.2, 0.25) is 5.15 Å². The first-order valence-electron chi connectivity index (χ1n) is 8.65. The lowest BCUT2D eigenvalue weighted by Crippen LogP contribution is -2.44. The molecule has 1 aromatic rings. The first-order valence-corrected chi connectivity index (χ1v) is 9.41. The van der Waals surface area contributed by atoms with Crippen molar-refractivity contribution in [2.45, 2.75) is 18.6 Å². The third kappa shape index (κ3) is 4.35. The Morgan fingerprint density at radius 3 is 2.76 bits per heavy atom. The van der Waals surface area contributed by atoms with Gasteiger partial charge in [0.2, 0.25) is 5.91 Å². The molecule has 3 amide bonds. The van der Waals surface area contributed by atoms with Crippen molar-refractivity contribution in [2.75, 3.05) is 25.0 Å². The molecule has 0 spiro atoms. The van der Waals surface area contributed by atoms with E-state index in [0.29, 0.717) is 5.69 Å². The van der Waals surface area contributed by atoms with Crippen molar-refractivity contribution in [2.24, 2.45) is 5.92 Å². The van der Waals surface area contributed by atoms with Crippen LogP contribution < -0.4 is 10.2 Å². The van der Waals surface area contributed by atoms with E-state index in [4.69, 9.17) is 23.2 Å². The Balaban J connectivity index is 1.69. The van der Waals surface area contributed by atoms with Crippen LogP contribution in [0.4, 0.5) is 23.7 Å². The lowest BCUT2D eigenvalue weighted by atomic mass is 9.95. The highest BCUT2D eigenvalue weighted by Gasteiger charge is 2.43. The van der Waals surface area contributed by atoms with Crippen LogP contribution in [0, 0.1) is 5.92 Å². The van der Waals surface area contributed by atoms with Crippen LogP contribution in [-0.4, -0.2) is 54.2 Å². The summed E-state index contributed by atoms with van der Waals surface area (Å²) >= 11 is 11.9. The number of hydrogen-bond donors (Lipinski definition) is 1. The van der Waals surface area contributed by atoms with E-state index in [0.717, 1.165) is 0 Å². The lowest BCUT2D eigenvalue weighted by molar-refractivity contribution is -0.161. The molecule has 2 aliphatic rings. The number of pyridine rings is 1. The topological polar surface area (TPSA) is 65.5 Å². The number of alkyl halides is 3. The first-order chi connectivity index (χ1) is 13.6. The highest BCUT2D eigenvalue weighted by molar-refractivity contribution is 6.32. The third-order valence-electron chi connectivity index (χ3n) is 4.84. The summed E-state index contributed by atoms with van der Waals surface area (Å²) in [5.74, 6) is -2.29. The molecule has 0 bridgehead atoms. The second kappa shape index (κ2) is 8.23. The van der Waals surface area contributed by atoms with E-state index in [2.05, 4.69) is 10.3 Å². The number of amides is 3. The molecule has 0 aromatic carbocycles. The number of nitrogens with one attached hydrogen (secondary N) is 1. The number of likely N-dealkylation sites (N-methyl/N-ethyl adjacent to an activating group) is 1. The van der Waals surface area contributed by atoms with Crippen LogP contribution in [0.15, 0.2) is 41.1 Å². The van der Waals surface area contributed by atoms with Gasteiger partial charge < -0.3 is 10.2 Å². The van der Waals surface area contributed by atoms with Gasteiger partial charge in [0.05, 0.1) is 18.2 Å². The number of aromatic nitrogens is 1. The standard InChI is InChI=1S/C18H17Cl2F3N4O2/c1-26-13(9-27(17(26)29)12-6-3-7-24-15(12)20)16(28)25-8-10-4-2-5-11(14(10)19)18(21,22)23/h2-4,6-7,11,13H,5,8-9H2,1H3,(H,25,28). The summed E-state index contributed by atoms with van der Waals surface area (Å²) in [4.78, 5) is 31.6. The fraction of sp³-hybridized carbons (Fsp3) is 0.389. The van der Waals surface area contributed by atoms with Gasteiger partial charge in [-0.05, 0) is 24.1 Å². The van der Waals surface area contributed by atoms with Crippen LogP contribution >= 0.6 is 23.2 Å². The molecule has 1 aliphatic heterocycles. The van der Waals surface area contributed by atoms with Crippen molar-refractivity contribution >= 4 is 40.8 Å². The molecule has 2 atom stereocenters. The molecule has 1 aliphatic carbocycles. The smallest absolute Gasteiger partial charge is 0.350 e. The SMILES string of the molecule is CN1C(=O)N(c2cccnc2Cl)CC1C(=O)NCC1=C(Cl)C(C(F)(F)F)CC=C1. The minimum absolute atomic E-state index is 0.0281. The minimum atomic E-state index is -4.46. The maximum atomic E-state index is 13.0. The lowest BCUT2D eigenvalue weighted by Gasteiger charge is -2.24. The van der Waals surface area contributed by atoms with Gasteiger partial charge in [0.15, 0.2) is 5.15 Å². The summed E-state index contributed by atoms with van der Waals surface area (Å²) in [6, 6.07) is 1.94. The number of carbonyl (C=O) groups is 2. The normalized spacial score (nSPS) is 22.5. The molecular formula is C18H17Cl2F3N4O2. The Hall–Kier alpha value is -2.26. The van der Waals surface area contributed by atoms with Gasteiger partial charge in [0.25, 0.3) is 0 Å². The summed E-state index contributed by atoms with van der Waals surface area (Å²) in [6.45, 7) is -0.146. The highest BCUT2D eigenvalue weighted by Crippen LogP contribution is 2.40. The maximum Gasteiger partial charge on any atom is 0.396 e. The molecular weight excluding hydrogens is 432 g/mol. The number of anilines is 1. The Morgan fingerprint density at radius 1 is 1.38 bits per heavy atom. The van der Waals surface area contributed by atoms with Crippen LogP contribution in [-0.2, 0) is 4.79 Å². The summed E-state index contributed by atoms with van der Waals surface area (Å²) < 4.78 is 39.1. The molecule has 29 heavy (non-hydrogen) atoms. The van der Waals surface area contributed by atoms with Gasteiger partial charge in [0.1, 0.15) is 6.04 Å². The molecule has 0 saturated carbocycles. The summed E-state index contributed by atoms with van der Waals surface area (Å²) in [5, 5.41) is 2.35. The van der Waals surface area contributed by atoms with Crippen molar-refractivity contribution in [3.05, 3.63) is 46.2 Å². The number of rotatable bonds is 4. The zero-order chi connectivity index (χ0) is 21.3. The monoisotopic (exact) mass is 448 g/mol. The number of urea groups is 1. The number of nitrogens with zero attached hydrogens (tertiary/aromatic N) is 3. The average Bonchev–Trinajstić information content (AvgIpc) is 2.95. The van der Waals surface area contributed by atoms with E-state index in [1.54, 1.807) is 12.1 Å². The van der Waals surface area contributed by atoms with E-state index >= 15 is 0 Å². The van der Waals surface area contributed by atoms with E-state index in [1.807, 2.05) is 0 Å². The molecule has 1 N–H and O–H groups in total. The van der Waals surface area contributed by atoms with Gasteiger partial charge >= 0.3 is 12.2 Å². The van der Waals surface area contributed by atoms with Gasteiger partial charge in [-0.1, -0.05) is 35.4 Å². The molecule has 1 fully saturated rings. The van der Waals surface area contributed by atoms with Crippen molar-refractivity contribution < 1.29 is 22.8 Å². The average molecular weight is 449 g/mol. The predicted molar refractivity (Wildman–Crippen MR) is 103 cm³/mol. The Labute approximate surface area is 175 Å². The minimum Gasteiger partial charge on any atom is -0.350 e. The van der Waals surface area contributed by atoms with E-state index < -0.39 is 30.1 Å². The van der Waals surface area contributed by atoms with Gasteiger partial charge in [-0.3, -0.25) is 9.69 Å². The molecule has 1 aromatic heterocycles. The Morgan fingerprint density at radius 2 is 2.10 bits per heavy atom. The first kappa shape index (κ1) is 21.4. The third-order valence-corrected chi connectivity index (χ3v) is 5.64. The number of carbonyl (C=O) groups excluding carboxylic acids is 2. The van der Waals surface area contributed by atoms with E-state index in [1.165, 1.54) is 35.2 Å². The predicted octanol–water partition coefficient (Wildman–Crippen LogP) is 3.72. The number of allylic oxidation sites excluding steroid dienone is 2. The van der Waals surface area contributed by atoms with Gasteiger partial charge in [0, 0.05) is 24.8 Å². The van der Waals surface area contributed by atoms with Crippen LogP contribution in [0.25, 0.3) is 0 Å². The summed E-state index contributed by atoms with van der Waals surface area (Å²) in [6.07, 6.45) is -0.373. The van der Waals surface area contributed by atoms with Crippen molar-refractivity contribution in [3.63, 3.8) is 0 Å². The molecule has 3 rings (SSSR count). The fourth-order valence-corrected chi connectivity index (χ4v) is 3.77. The second-order valence-electron chi connectivity index (χ2n) is 6.66. The second-order valence-corrected chi connectivity index (χ2v) is 7.42. The van der Waals surface area contributed by atoms with Crippen molar-refractivity contribution in [1.29, 1.82) is 0 Å². The van der Waals surface area contributed by atoms with E-state index in [-0.39, 0.29) is 35.3 Å². The molecule has 1 saturated heterocycles. The van der Waals surface area contributed by atoms with Gasteiger partial charge in [-0.2, -0.15) is 13.2 Å². The maximum absolute atomic E-state index is 13.0. The quantitative estimate of drug-likeness (QED) is 0.713. The Bertz CT molecular complexity index is 888. The van der Waals surface area contributed by atoms with E-state index in [9.17, 15) is 22.8 Å². The van der Waals surface area contributed by atoms with Gasteiger partial charge in [-0.15, -0.1) is 0 Å². The van der Waals surface area contributed by atoms with Crippen LogP contribution in [0.3, 0.4) is 0 Å². The van der Waals surface area contributed by atoms with Crippen molar-refractivity contribution in [3.8, 4) is 0 Å². The highest BCUT2D eigenvalue weighted by atomic mass is 35.5. The molecule has 0 radical (unpaired) electrons. The molecule has 2 heterocycles. The molecule has 11 heteroatoms. The molecule has 6 nitrogen and oxygen atoms in total. The zero-order valence-electron chi connectivity index (χ0n) is 15.2.